The molecule has 1 saturated heterocycles. The highest BCUT2D eigenvalue weighted by Gasteiger charge is 2.16. The number of amides is 2. The summed E-state index contributed by atoms with van der Waals surface area (Å²) >= 11 is 0. The van der Waals surface area contributed by atoms with Crippen molar-refractivity contribution in [3.05, 3.63) is 48.2 Å². The van der Waals surface area contributed by atoms with Gasteiger partial charge in [0.1, 0.15) is 5.82 Å². The molecule has 9 nitrogen and oxygen atoms in total. The molecule has 2 aromatic rings. The zero-order chi connectivity index (χ0) is 20.9. The van der Waals surface area contributed by atoms with E-state index in [1.807, 2.05) is 6.07 Å². The molecule has 10 heteroatoms. The molecule has 1 aliphatic rings. The number of aromatic nitrogens is 1. The fourth-order valence-corrected chi connectivity index (χ4v) is 3.69. The molecule has 0 radical (unpaired) electrons. The summed E-state index contributed by atoms with van der Waals surface area (Å²) in [4.78, 5) is 18.8. The van der Waals surface area contributed by atoms with Crippen molar-refractivity contribution in [2.24, 2.45) is 0 Å². The SMILES string of the molecule is CN(C)S(=O)(=O)c1ccc(CNC(=O)Nc2ccc(N3CCOCC3)nc2)cc1. The van der Waals surface area contributed by atoms with Crippen LogP contribution in [0.25, 0.3) is 0 Å². The number of carbonyl (C=O) groups excluding carboxylic acids is 1. The lowest BCUT2D eigenvalue weighted by Gasteiger charge is -2.27. The van der Waals surface area contributed by atoms with Crippen molar-refractivity contribution >= 4 is 27.6 Å². The largest absolute Gasteiger partial charge is 0.378 e. The van der Waals surface area contributed by atoms with Gasteiger partial charge in [-0.2, -0.15) is 0 Å². The van der Waals surface area contributed by atoms with Crippen molar-refractivity contribution in [3.63, 3.8) is 0 Å². The molecule has 156 valence electrons. The predicted octanol–water partition coefficient (Wildman–Crippen LogP) is 1.49. The number of sulfonamides is 1. The monoisotopic (exact) mass is 419 g/mol. The summed E-state index contributed by atoms with van der Waals surface area (Å²) in [7, 11) is -0.494. The summed E-state index contributed by atoms with van der Waals surface area (Å²) < 4.78 is 30.6. The third-order valence-electron chi connectivity index (χ3n) is 4.50. The minimum absolute atomic E-state index is 0.210. The van der Waals surface area contributed by atoms with Gasteiger partial charge in [-0.1, -0.05) is 12.1 Å². The molecule has 0 spiro atoms. The molecule has 0 unspecified atom stereocenters. The van der Waals surface area contributed by atoms with E-state index in [2.05, 4.69) is 20.5 Å². The maximum absolute atomic E-state index is 12.1. The number of pyridine rings is 1. The molecule has 0 atom stereocenters. The molecule has 2 heterocycles. The molecule has 0 bridgehead atoms. The number of nitrogens with zero attached hydrogens (tertiary/aromatic N) is 3. The first kappa shape index (κ1) is 21.0. The van der Waals surface area contributed by atoms with E-state index in [9.17, 15) is 13.2 Å². The first-order chi connectivity index (χ1) is 13.9. The normalized spacial score (nSPS) is 14.7. The maximum Gasteiger partial charge on any atom is 0.319 e. The second-order valence-corrected chi connectivity index (χ2v) is 8.90. The molecular weight excluding hydrogens is 394 g/mol. The topological polar surface area (TPSA) is 104 Å². The van der Waals surface area contributed by atoms with E-state index in [4.69, 9.17) is 4.74 Å². The fraction of sp³-hybridized carbons (Fsp3) is 0.368. The number of anilines is 2. The van der Waals surface area contributed by atoms with Gasteiger partial charge in [-0.05, 0) is 29.8 Å². The van der Waals surface area contributed by atoms with E-state index < -0.39 is 10.0 Å². The summed E-state index contributed by atoms with van der Waals surface area (Å²) in [6, 6.07) is 9.71. The molecular formula is C19H25N5O4S. The van der Waals surface area contributed by atoms with Gasteiger partial charge in [-0.25, -0.2) is 22.5 Å². The van der Waals surface area contributed by atoms with Crippen LogP contribution in [0.3, 0.4) is 0 Å². The Balaban J connectivity index is 1.51. The third kappa shape index (κ3) is 5.43. The first-order valence-corrected chi connectivity index (χ1v) is 10.7. The smallest absolute Gasteiger partial charge is 0.319 e. The van der Waals surface area contributed by atoms with Crippen LogP contribution in [-0.4, -0.2) is 64.1 Å². The van der Waals surface area contributed by atoms with Gasteiger partial charge in [0.25, 0.3) is 0 Å². The van der Waals surface area contributed by atoms with Crippen LogP contribution in [0.5, 0.6) is 0 Å². The number of benzene rings is 1. The number of morpholine rings is 1. The Hall–Kier alpha value is -2.69. The molecule has 3 rings (SSSR count). The second kappa shape index (κ2) is 9.21. The Bertz CT molecular complexity index is 924. The van der Waals surface area contributed by atoms with Crippen molar-refractivity contribution in [3.8, 4) is 0 Å². The van der Waals surface area contributed by atoms with Crippen molar-refractivity contribution in [1.82, 2.24) is 14.6 Å². The van der Waals surface area contributed by atoms with Crippen molar-refractivity contribution < 1.29 is 17.9 Å². The van der Waals surface area contributed by atoms with Crippen LogP contribution in [0.4, 0.5) is 16.3 Å². The van der Waals surface area contributed by atoms with Crippen molar-refractivity contribution in [1.29, 1.82) is 0 Å². The Morgan fingerprint density at radius 2 is 1.83 bits per heavy atom. The molecule has 2 amide bonds. The van der Waals surface area contributed by atoms with Crippen LogP contribution in [0, 0.1) is 0 Å². The highest BCUT2D eigenvalue weighted by molar-refractivity contribution is 7.89. The average Bonchev–Trinajstić information content (AvgIpc) is 2.73. The van der Waals surface area contributed by atoms with Gasteiger partial charge < -0.3 is 20.3 Å². The number of nitrogens with one attached hydrogen (secondary N) is 2. The Morgan fingerprint density at radius 3 is 2.41 bits per heavy atom. The van der Waals surface area contributed by atoms with Gasteiger partial charge in [0.2, 0.25) is 10.0 Å². The van der Waals surface area contributed by atoms with E-state index >= 15 is 0 Å². The van der Waals surface area contributed by atoms with E-state index in [-0.39, 0.29) is 17.5 Å². The number of urea groups is 1. The lowest BCUT2D eigenvalue weighted by Crippen LogP contribution is -2.36. The molecule has 0 saturated carbocycles. The van der Waals surface area contributed by atoms with Crippen LogP contribution in [0.2, 0.25) is 0 Å². The molecule has 1 aromatic heterocycles. The van der Waals surface area contributed by atoms with Gasteiger partial charge in [0, 0.05) is 33.7 Å². The summed E-state index contributed by atoms with van der Waals surface area (Å²) in [6.45, 7) is 3.25. The van der Waals surface area contributed by atoms with Crippen molar-refractivity contribution in [2.75, 3.05) is 50.6 Å². The Kier molecular flexibility index (Phi) is 6.68. The molecule has 1 fully saturated rings. The minimum Gasteiger partial charge on any atom is -0.378 e. The summed E-state index contributed by atoms with van der Waals surface area (Å²) in [6.07, 6.45) is 1.62. The average molecular weight is 420 g/mol. The number of carbonyl (C=O) groups is 1. The molecule has 0 aliphatic carbocycles. The summed E-state index contributed by atoms with van der Waals surface area (Å²) in [5.74, 6) is 0.854. The van der Waals surface area contributed by atoms with Crippen LogP contribution in [-0.2, 0) is 21.3 Å². The van der Waals surface area contributed by atoms with E-state index in [1.165, 1.54) is 26.2 Å². The fourth-order valence-electron chi connectivity index (χ4n) is 2.79. The Morgan fingerprint density at radius 1 is 1.14 bits per heavy atom. The molecule has 29 heavy (non-hydrogen) atoms. The maximum atomic E-state index is 12.1. The standard InChI is InChI=1S/C19H25N5O4S/c1-23(2)29(26,27)17-6-3-15(4-7-17)13-21-19(25)22-16-5-8-18(20-14-16)24-9-11-28-12-10-24/h3-8,14H,9-13H2,1-2H3,(H2,21,22,25). The van der Waals surface area contributed by atoms with E-state index in [0.717, 1.165) is 28.8 Å². The summed E-state index contributed by atoms with van der Waals surface area (Å²) in [5.41, 5.74) is 1.38. The van der Waals surface area contributed by atoms with Crippen LogP contribution in [0.1, 0.15) is 5.56 Å². The molecule has 1 aromatic carbocycles. The van der Waals surface area contributed by atoms with Gasteiger partial charge in [0.05, 0.1) is 30.0 Å². The molecule has 1 aliphatic heterocycles. The Labute approximate surface area is 170 Å². The van der Waals surface area contributed by atoms with Crippen LogP contribution >= 0.6 is 0 Å². The molecule has 2 N–H and O–H groups in total. The van der Waals surface area contributed by atoms with Crippen LogP contribution < -0.4 is 15.5 Å². The quantitative estimate of drug-likeness (QED) is 0.735. The summed E-state index contributed by atoms with van der Waals surface area (Å²) in [5, 5.41) is 5.48. The highest BCUT2D eigenvalue weighted by atomic mass is 32.2. The number of rotatable bonds is 6. The van der Waals surface area contributed by atoms with Gasteiger partial charge in [0.15, 0.2) is 0 Å². The third-order valence-corrected chi connectivity index (χ3v) is 6.33. The number of hydrogen-bond donors (Lipinski definition) is 2. The zero-order valence-corrected chi connectivity index (χ0v) is 17.3. The highest BCUT2D eigenvalue weighted by Crippen LogP contribution is 2.16. The second-order valence-electron chi connectivity index (χ2n) is 6.74. The van der Waals surface area contributed by atoms with E-state index in [0.29, 0.717) is 18.9 Å². The number of ether oxygens (including phenoxy) is 1. The van der Waals surface area contributed by atoms with Crippen molar-refractivity contribution in [2.45, 2.75) is 11.4 Å². The van der Waals surface area contributed by atoms with Crippen LogP contribution in [0.15, 0.2) is 47.5 Å². The zero-order valence-electron chi connectivity index (χ0n) is 16.5. The lowest BCUT2D eigenvalue weighted by molar-refractivity contribution is 0.122. The van der Waals surface area contributed by atoms with Gasteiger partial charge in [-0.15, -0.1) is 0 Å². The predicted molar refractivity (Wildman–Crippen MR) is 110 cm³/mol. The van der Waals surface area contributed by atoms with Gasteiger partial charge >= 0.3 is 6.03 Å². The first-order valence-electron chi connectivity index (χ1n) is 9.21. The van der Waals surface area contributed by atoms with E-state index in [1.54, 1.807) is 24.4 Å². The lowest BCUT2D eigenvalue weighted by atomic mass is 10.2. The minimum atomic E-state index is -3.46. The van der Waals surface area contributed by atoms with Gasteiger partial charge in [-0.3, -0.25) is 0 Å². The number of hydrogen-bond acceptors (Lipinski definition) is 6.